The molecule has 1 heterocycles. The van der Waals surface area contributed by atoms with Gasteiger partial charge in [-0.05, 0) is 11.6 Å². The zero-order valence-corrected chi connectivity index (χ0v) is 13.3. The topological polar surface area (TPSA) is 56.7 Å². The van der Waals surface area contributed by atoms with E-state index >= 15 is 0 Å². The van der Waals surface area contributed by atoms with Gasteiger partial charge in [0.1, 0.15) is 5.82 Å². The van der Waals surface area contributed by atoms with Crippen LogP contribution in [0, 0.1) is 5.82 Å². The maximum absolute atomic E-state index is 13.7. The first-order valence-electron chi connectivity index (χ1n) is 7.34. The Labute approximate surface area is 138 Å². The van der Waals surface area contributed by atoms with Crippen LogP contribution >= 0.6 is 11.8 Å². The van der Waals surface area contributed by atoms with Crippen LogP contribution in [-0.4, -0.2) is 21.3 Å². The van der Waals surface area contributed by atoms with Crippen molar-refractivity contribution < 1.29 is 4.39 Å². The molecule has 0 saturated heterocycles. The highest BCUT2D eigenvalue weighted by atomic mass is 32.2. The molecular weight excluding hydrogens is 311 g/mol. The number of nitrogens with two attached hydrogens (primary N) is 1. The molecule has 4 nitrogen and oxygen atoms in total. The molecule has 3 rings (SSSR count). The molecular formula is C17H17FN4S. The van der Waals surface area contributed by atoms with E-state index in [1.165, 1.54) is 17.8 Å². The van der Waals surface area contributed by atoms with Crippen LogP contribution < -0.4 is 5.73 Å². The predicted octanol–water partition coefficient (Wildman–Crippen LogP) is 3.34. The predicted molar refractivity (Wildman–Crippen MR) is 90.5 cm³/mol. The van der Waals surface area contributed by atoms with Crippen molar-refractivity contribution in [2.24, 2.45) is 5.73 Å². The monoisotopic (exact) mass is 328 g/mol. The lowest BCUT2D eigenvalue weighted by atomic mass is 10.2. The van der Waals surface area contributed by atoms with Gasteiger partial charge in [0.25, 0.3) is 0 Å². The molecule has 0 atom stereocenters. The minimum absolute atomic E-state index is 0.201. The Morgan fingerprint density at radius 3 is 2.48 bits per heavy atom. The number of thioether (sulfide) groups is 1. The third kappa shape index (κ3) is 3.60. The summed E-state index contributed by atoms with van der Waals surface area (Å²) in [7, 11) is 0. The van der Waals surface area contributed by atoms with Gasteiger partial charge in [0, 0.05) is 24.4 Å². The van der Waals surface area contributed by atoms with Crippen molar-refractivity contribution in [1.82, 2.24) is 14.8 Å². The maximum Gasteiger partial charge on any atom is 0.191 e. The molecule has 0 amide bonds. The van der Waals surface area contributed by atoms with Crippen LogP contribution in [0.3, 0.4) is 0 Å². The zero-order chi connectivity index (χ0) is 16.1. The lowest BCUT2D eigenvalue weighted by molar-refractivity contribution is 0.616. The van der Waals surface area contributed by atoms with Gasteiger partial charge in [-0.2, -0.15) is 0 Å². The second-order valence-electron chi connectivity index (χ2n) is 4.99. The Hall–Kier alpha value is -2.18. The van der Waals surface area contributed by atoms with Gasteiger partial charge >= 0.3 is 0 Å². The molecule has 23 heavy (non-hydrogen) atoms. The average Bonchev–Trinajstić information content (AvgIpc) is 2.98. The number of hydrogen-bond acceptors (Lipinski definition) is 4. The third-order valence-corrected chi connectivity index (χ3v) is 4.43. The number of aromatic nitrogens is 3. The summed E-state index contributed by atoms with van der Waals surface area (Å²) >= 11 is 1.46. The molecule has 118 valence electrons. The highest BCUT2D eigenvalue weighted by molar-refractivity contribution is 7.98. The van der Waals surface area contributed by atoms with Crippen LogP contribution in [0.25, 0.3) is 11.4 Å². The Balaban J connectivity index is 1.85. The van der Waals surface area contributed by atoms with E-state index in [9.17, 15) is 4.39 Å². The first kappa shape index (κ1) is 15.7. The van der Waals surface area contributed by atoms with Gasteiger partial charge in [0.2, 0.25) is 0 Å². The van der Waals surface area contributed by atoms with Crippen molar-refractivity contribution in [3.8, 4) is 11.4 Å². The van der Waals surface area contributed by atoms with Gasteiger partial charge in [-0.15, -0.1) is 10.2 Å². The Morgan fingerprint density at radius 2 is 1.74 bits per heavy atom. The summed E-state index contributed by atoms with van der Waals surface area (Å²) in [5.74, 6) is 1.09. The summed E-state index contributed by atoms with van der Waals surface area (Å²) in [6.07, 6.45) is 0. The fraction of sp³-hybridized carbons (Fsp3) is 0.176. The quantitative estimate of drug-likeness (QED) is 0.705. The number of hydrogen-bond donors (Lipinski definition) is 1. The van der Waals surface area contributed by atoms with E-state index in [4.69, 9.17) is 5.73 Å². The van der Waals surface area contributed by atoms with Crippen molar-refractivity contribution in [3.63, 3.8) is 0 Å². The van der Waals surface area contributed by atoms with Gasteiger partial charge < -0.3 is 10.3 Å². The van der Waals surface area contributed by atoms with Crippen LogP contribution in [0.5, 0.6) is 0 Å². The maximum atomic E-state index is 13.7. The first-order chi connectivity index (χ1) is 11.3. The van der Waals surface area contributed by atoms with E-state index in [1.54, 1.807) is 12.1 Å². The van der Waals surface area contributed by atoms with Crippen LogP contribution in [-0.2, 0) is 12.3 Å². The molecule has 1 aromatic heterocycles. The second-order valence-corrected chi connectivity index (χ2v) is 5.94. The Bertz CT molecular complexity index is 773. The molecule has 0 fully saturated rings. The van der Waals surface area contributed by atoms with E-state index in [2.05, 4.69) is 10.2 Å². The first-order valence-corrected chi connectivity index (χ1v) is 8.33. The normalized spacial score (nSPS) is 10.9. The molecule has 0 unspecified atom stereocenters. The van der Waals surface area contributed by atoms with Crippen LogP contribution in [0.4, 0.5) is 4.39 Å². The second kappa shape index (κ2) is 7.39. The van der Waals surface area contributed by atoms with Crippen molar-refractivity contribution in [2.45, 2.75) is 17.5 Å². The molecule has 0 saturated carbocycles. The van der Waals surface area contributed by atoms with Gasteiger partial charge in [0.05, 0.1) is 0 Å². The van der Waals surface area contributed by atoms with Crippen LogP contribution in [0.1, 0.15) is 5.56 Å². The molecule has 0 aliphatic rings. The highest BCUT2D eigenvalue weighted by Crippen LogP contribution is 2.26. The largest absolute Gasteiger partial charge is 0.329 e. The third-order valence-electron chi connectivity index (χ3n) is 3.42. The Morgan fingerprint density at radius 1 is 1.00 bits per heavy atom. The SMILES string of the molecule is NCCn1c(SCc2ccccc2F)nnc1-c1ccccc1. The fourth-order valence-corrected chi connectivity index (χ4v) is 3.24. The van der Waals surface area contributed by atoms with Crippen molar-refractivity contribution >= 4 is 11.8 Å². The van der Waals surface area contributed by atoms with E-state index in [1.807, 2.05) is 41.0 Å². The molecule has 0 spiro atoms. The van der Waals surface area contributed by atoms with Crippen molar-refractivity contribution in [2.75, 3.05) is 6.54 Å². The van der Waals surface area contributed by atoms with E-state index in [0.29, 0.717) is 24.4 Å². The summed E-state index contributed by atoms with van der Waals surface area (Å²) in [6.45, 7) is 1.11. The van der Waals surface area contributed by atoms with E-state index < -0.39 is 0 Å². The summed E-state index contributed by atoms with van der Waals surface area (Å²) in [5, 5.41) is 9.28. The van der Waals surface area contributed by atoms with Gasteiger partial charge in [-0.3, -0.25) is 0 Å². The smallest absolute Gasteiger partial charge is 0.191 e. The minimum atomic E-state index is -0.201. The summed E-state index contributed by atoms with van der Waals surface area (Å²) in [4.78, 5) is 0. The van der Waals surface area contributed by atoms with E-state index in [0.717, 1.165) is 16.5 Å². The average molecular weight is 328 g/mol. The van der Waals surface area contributed by atoms with Gasteiger partial charge in [0.15, 0.2) is 11.0 Å². The molecule has 3 aromatic rings. The Kier molecular flexibility index (Phi) is 5.05. The summed E-state index contributed by atoms with van der Waals surface area (Å²) in [6, 6.07) is 16.6. The van der Waals surface area contributed by atoms with E-state index in [-0.39, 0.29) is 5.82 Å². The van der Waals surface area contributed by atoms with Crippen LogP contribution in [0.15, 0.2) is 59.8 Å². The zero-order valence-electron chi connectivity index (χ0n) is 12.5. The van der Waals surface area contributed by atoms with Gasteiger partial charge in [-0.1, -0.05) is 60.3 Å². The molecule has 0 aliphatic carbocycles. The number of benzene rings is 2. The standard InChI is InChI=1S/C17H17FN4S/c18-15-9-5-4-8-14(15)12-23-17-21-20-16(22(17)11-10-19)13-6-2-1-3-7-13/h1-9H,10-12,19H2. The molecule has 0 radical (unpaired) electrons. The lowest BCUT2D eigenvalue weighted by Gasteiger charge is -2.09. The van der Waals surface area contributed by atoms with Crippen molar-refractivity contribution in [3.05, 3.63) is 66.0 Å². The molecule has 2 N–H and O–H groups in total. The molecule has 6 heteroatoms. The number of nitrogens with zero attached hydrogens (tertiary/aromatic N) is 3. The molecule has 2 aromatic carbocycles. The van der Waals surface area contributed by atoms with Gasteiger partial charge in [-0.25, -0.2) is 4.39 Å². The minimum Gasteiger partial charge on any atom is -0.329 e. The number of rotatable bonds is 6. The van der Waals surface area contributed by atoms with Crippen molar-refractivity contribution in [1.29, 1.82) is 0 Å². The number of halogens is 1. The lowest BCUT2D eigenvalue weighted by Crippen LogP contribution is -2.12. The summed E-state index contributed by atoms with van der Waals surface area (Å²) in [5.41, 5.74) is 7.37. The highest BCUT2D eigenvalue weighted by Gasteiger charge is 2.14. The molecule has 0 bridgehead atoms. The van der Waals surface area contributed by atoms with Crippen LogP contribution in [0.2, 0.25) is 0 Å². The fourth-order valence-electron chi connectivity index (χ4n) is 2.28. The summed E-state index contributed by atoms with van der Waals surface area (Å²) < 4.78 is 15.7. The molecule has 0 aliphatic heterocycles.